The lowest BCUT2D eigenvalue weighted by Crippen LogP contribution is -2.32. The molecule has 2 amide bonds. The fourth-order valence-electron chi connectivity index (χ4n) is 4.17. The predicted molar refractivity (Wildman–Crippen MR) is 134 cm³/mol. The Bertz CT molecular complexity index is 1080. The van der Waals surface area contributed by atoms with Crippen molar-refractivity contribution < 1.29 is 29.3 Å². The van der Waals surface area contributed by atoms with E-state index < -0.39 is 24.2 Å². The third-order valence-electron chi connectivity index (χ3n) is 6.07. The van der Waals surface area contributed by atoms with Crippen LogP contribution in [0.1, 0.15) is 55.8 Å². The maximum Gasteiger partial charge on any atom is 0.312 e. The number of rotatable bonds is 9. The van der Waals surface area contributed by atoms with Gasteiger partial charge in [0.05, 0.1) is 15.6 Å². The lowest BCUT2D eigenvalue weighted by Gasteiger charge is -2.27. The molecule has 1 fully saturated rings. The van der Waals surface area contributed by atoms with Crippen LogP contribution in [-0.2, 0) is 9.59 Å². The smallest absolute Gasteiger partial charge is 0.312 e. The van der Waals surface area contributed by atoms with E-state index in [0.29, 0.717) is 18.4 Å². The number of aliphatic carboxylic acids is 1. The summed E-state index contributed by atoms with van der Waals surface area (Å²) in [5.74, 6) is -1.37. The number of anilines is 1. The Morgan fingerprint density at radius 1 is 1.09 bits per heavy atom. The molecule has 0 saturated heterocycles. The third kappa shape index (κ3) is 7.50. The molecule has 3 rings (SSSR count). The van der Waals surface area contributed by atoms with Crippen LogP contribution in [0.4, 0.5) is 5.69 Å². The molecule has 1 aliphatic carbocycles. The van der Waals surface area contributed by atoms with Gasteiger partial charge in [-0.1, -0.05) is 62.2 Å². The van der Waals surface area contributed by atoms with Crippen molar-refractivity contribution in [3.63, 3.8) is 0 Å². The molecule has 2 aromatic carbocycles. The Labute approximate surface area is 213 Å². The van der Waals surface area contributed by atoms with E-state index >= 15 is 0 Å². The first-order valence-electron chi connectivity index (χ1n) is 11.4. The van der Waals surface area contributed by atoms with Crippen LogP contribution in [0.5, 0.6) is 17.2 Å². The zero-order valence-corrected chi connectivity index (χ0v) is 20.8. The van der Waals surface area contributed by atoms with E-state index in [1.807, 2.05) is 0 Å². The molecule has 1 saturated carbocycles. The zero-order chi connectivity index (χ0) is 25.5. The van der Waals surface area contributed by atoms with E-state index in [1.54, 1.807) is 0 Å². The molecule has 35 heavy (non-hydrogen) atoms. The summed E-state index contributed by atoms with van der Waals surface area (Å²) in [5.41, 5.74) is 0.264. The number of amides is 2. The summed E-state index contributed by atoms with van der Waals surface area (Å²) in [6.45, 7) is 2.65. The van der Waals surface area contributed by atoms with E-state index in [4.69, 9.17) is 33.0 Å². The fourth-order valence-corrected chi connectivity index (χ4v) is 4.73. The standard InChI is InChI=1S/C25H28Cl2N2O6/c1-14(15-5-3-2-4-6-15)13-28-25(34)18-11-17(7-8-21(18)30)35-24-19(26)9-16(10-20(24)27)29-22(31)12-23(32)33/h7-11,14-15,30H,2-6,12-13H2,1H3,(H,28,34)(H,29,31)(H,32,33)/t14-/m1/s1. The van der Waals surface area contributed by atoms with Crippen LogP contribution in [0.3, 0.4) is 0 Å². The van der Waals surface area contributed by atoms with Gasteiger partial charge in [-0.3, -0.25) is 14.4 Å². The monoisotopic (exact) mass is 522 g/mol. The summed E-state index contributed by atoms with van der Waals surface area (Å²) in [6.07, 6.45) is 5.37. The minimum Gasteiger partial charge on any atom is -0.507 e. The van der Waals surface area contributed by atoms with Crippen LogP contribution in [0.15, 0.2) is 30.3 Å². The van der Waals surface area contributed by atoms with Crippen molar-refractivity contribution in [2.45, 2.75) is 45.4 Å². The molecule has 0 aliphatic heterocycles. The first-order valence-corrected chi connectivity index (χ1v) is 12.2. The number of carboxylic acid groups (broad SMARTS) is 1. The maximum atomic E-state index is 12.8. The van der Waals surface area contributed by atoms with Gasteiger partial charge in [0.1, 0.15) is 17.9 Å². The summed E-state index contributed by atoms with van der Waals surface area (Å²) >= 11 is 12.5. The number of carbonyl (C=O) groups is 3. The topological polar surface area (TPSA) is 125 Å². The lowest BCUT2D eigenvalue weighted by atomic mass is 9.81. The third-order valence-corrected chi connectivity index (χ3v) is 6.63. The van der Waals surface area contributed by atoms with Gasteiger partial charge in [-0.05, 0) is 42.2 Å². The number of carbonyl (C=O) groups excluding carboxylic acids is 2. The lowest BCUT2D eigenvalue weighted by molar-refractivity contribution is -0.139. The van der Waals surface area contributed by atoms with Crippen LogP contribution in [0.25, 0.3) is 0 Å². The molecule has 0 spiro atoms. The molecule has 1 aliphatic rings. The van der Waals surface area contributed by atoms with Crippen molar-refractivity contribution in [2.24, 2.45) is 11.8 Å². The number of hydrogen-bond acceptors (Lipinski definition) is 5. The van der Waals surface area contributed by atoms with Crippen LogP contribution < -0.4 is 15.4 Å². The largest absolute Gasteiger partial charge is 0.507 e. The van der Waals surface area contributed by atoms with Gasteiger partial charge in [0, 0.05) is 12.2 Å². The predicted octanol–water partition coefficient (Wildman–Crippen LogP) is 5.85. The molecular formula is C25H28Cl2N2O6. The number of ether oxygens (including phenoxy) is 1. The summed E-state index contributed by atoms with van der Waals surface area (Å²) in [4.78, 5) is 35.1. The van der Waals surface area contributed by atoms with Crippen molar-refractivity contribution in [3.8, 4) is 17.2 Å². The van der Waals surface area contributed by atoms with Crippen LogP contribution in [0.2, 0.25) is 10.0 Å². The van der Waals surface area contributed by atoms with Crippen LogP contribution in [0, 0.1) is 11.8 Å². The maximum absolute atomic E-state index is 12.8. The highest BCUT2D eigenvalue weighted by Gasteiger charge is 2.22. The number of halogens is 2. The highest BCUT2D eigenvalue weighted by atomic mass is 35.5. The molecule has 0 heterocycles. The quantitative estimate of drug-likeness (QED) is 0.306. The number of phenolic OH excluding ortho intramolecular Hbond substituents is 1. The zero-order valence-electron chi connectivity index (χ0n) is 19.3. The second kappa shape index (κ2) is 12.1. The van der Waals surface area contributed by atoms with Crippen molar-refractivity contribution >= 4 is 46.7 Å². The molecule has 4 N–H and O–H groups in total. The minimum absolute atomic E-state index is 0.0585. The second-order valence-electron chi connectivity index (χ2n) is 8.75. The van der Waals surface area contributed by atoms with Gasteiger partial charge in [0.25, 0.3) is 5.91 Å². The number of nitrogens with one attached hydrogen (secondary N) is 2. The van der Waals surface area contributed by atoms with E-state index in [-0.39, 0.29) is 38.5 Å². The van der Waals surface area contributed by atoms with Gasteiger partial charge in [0.2, 0.25) is 5.91 Å². The molecule has 10 heteroatoms. The molecule has 0 radical (unpaired) electrons. The van der Waals surface area contributed by atoms with E-state index in [9.17, 15) is 19.5 Å². The average molecular weight is 523 g/mol. The number of aromatic hydroxyl groups is 1. The SMILES string of the molecule is C[C@H](CNC(=O)c1cc(Oc2c(Cl)cc(NC(=O)CC(=O)O)cc2Cl)ccc1O)C1CCCCC1. The molecule has 188 valence electrons. The number of hydrogen-bond donors (Lipinski definition) is 4. The summed E-state index contributed by atoms with van der Waals surface area (Å²) < 4.78 is 5.77. The van der Waals surface area contributed by atoms with E-state index in [0.717, 1.165) is 0 Å². The normalized spacial score (nSPS) is 14.7. The van der Waals surface area contributed by atoms with Gasteiger partial charge < -0.3 is 25.6 Å². The van der Waals surface area contributed by atoms with Crippen molar-refractivity contribution in [2.75, 3.05) is 11.9 Å². The molecule has 0 aromatic heterocycles. The summed E-state index contributed by atoms with van der Waals surface area (Å²) in [6, 6.07) is 6.93. The Kier molecular flexibility index (Phi) is 9.23. The molecule has 0 unspecified atom stereocenters. The highest BCUT2D eigenvalue weighted by Crippen LogP contribution is 2.39. The first-order chi connectivity index (χ1) is 16.6. The Balaban J connectivity index is 1.68. The van der Waals surface area contributed by atoms with Crippen LogP contribution >= 0.6 is 23.2 Å². The van der Waals surface area contributed by atoms with Gasteiger partial charge >= 0.3 is 5.97 Å². The Hall–Kier alpha value is -2.97. The average Bonchev–Trinajstić information content (AvgIpc) is 2.80. The first kappa shape index (κ1) is 26.6. The molecule has 1 atom stereocenters. The molecule has 0 bridgehead atoms. The summed E-state index contributed by atoms with van der Waals surface area (Å²) in [5, 5.41) is 24.3. The molecular weight excluding hydrogens is 495 g/mol. The van der Waals surface area contributed by atoms with Crippen molar-refractivity contribution in [1.29, 1.82) is 0 Å². The molecule has 8 nitrogen and oxygen atoms in total. The van der Waals surface area contributed by atoms with E-state index in [2.05, 4.69) is 17.6 Å². The van der Waals surface area contributed by atoms with Crippen LogP contribution in [-0.4, -0.2) is 34.5 Å². The summed E-state index contributed by atoms with van der Waals surface area (Å²) in [7, 11) is 0. The Morgan fingerprint density at radius 2 is 1.74 bits per heavy atom. The Morgan fingerprint density at radius 3 is 2.37 bits per heavy atom. The highest BCUT2D eigenvalue weighted by molar-refractivity contribution is 6.37. The van der Waals surface area contributed by atoms with E-state index in [1.165, 1.54) is 62.4 Å². The van der Waals surface area contributed by atoms with Gasteiger partial charge in [-0.15, -0.1) is 0 Å². The fraction of sp³-hybridized carbons (Fsp3) is 0.400. The number of benzene rings is 2. The number of phenols is 1. The van der Waals surface area contributed by atoms with Gasteiger partial charge in [-0.2, -0.15) is 0 Å². The second-order valence-corrected chi connectivity index (χ2v) is 9.57. The van der Waals surface area contributed by atoms with Crippen molar-refractivity contribution in [3.05, 3.63) is 45.9 Å². The van der Waals surface area contributed by atoms with Gasteiger partial charge in [-0.25, -0.2) is 0 Å². The van der Waals surface area contributed by atoms with Crippen molar-refractivity contribution in [1.82, 2.24) is 5.32 Å². The minimum atomic E-state index is -1.27. The number of carboxylic acids is 1. The molecule has 2 aromatic rings. The van der Waals surface area contributed by atoms with Gasteiger partial charge in [0.15, 0.2) is 5.75 Å².